The van der Waals surface area contributed by atoms with Gasteiger partial charge >= 0.3 is 0 Å². The summed E-state index contributed by atoms with van der Waals surface area (Å²) in [5.41, 5.74) is 0. The molecule has 0 aromatic heterocycles. The van der Waals surface area contributed by atoms with Crippen LogP contribution in [0, 0.1) is 0 Å². The van der Waals surface area contributed by atoms with Crippen molar-refractivity contribution in [2.24, 2.45) is 0 Å². The first-order valence-electron chi connectivity index (χ1n) is 7.45. The molecule has 18 heavy (non-hydrogen) atoms. The first kappa shape index (κ1) is 15.4. The van der Waals surface area contributed by atoms with Crippen molar-refractivity contribution >= 4 is 5.91 Å². The molecule has 1 amide bonds. The molecule has 1 rings (SSSR count). The summed E-state index contributed by atoms with van der Waals surface area (Å²) in [6.45, 7) is 10.1. The van der Waals surface area contributed by atoms with E-state index in [1.165, 1.54) is 0 Å². The van der Waals surface area contributed by atoms with Crippen molar-refractivity contribution in [3.05, 3.63) is 0 Å². The van der Waals surface area contributed by atoms with Gasteiger partial charge in [-0.3, -0.25) is 9.69 Å². The Balaban J connectivity index is 2.41. The molecule has 1 heterocycles. The van der Waals surface area contributed by atoms with Crippen LogP contribution in [0.5, 0.6) is 0 Å². The predicted octanol–water partition coefficient (Wildman–Crippen LogP) is 1.37. The highest BCUT2D eigenvalue weighted by Crippen LogP contribution is 2.09. The molecule has 0 radical (unpaired) electrons. The van der Waals surface area contributed by atoms with Crippen LogP contribution in [-0.2, 0) is 4.79 Å². The number of hydrogen-bond acceptors (Lipinski definition) is 3. The van der Waals surface area contributed by atoms with Crippen LogP contribution in [-0.4, -0.2) is 49.1 Å². The highest BCUT2D eigenvalue weighted by molar-refractivity contribution is 5.78. The number of rotatable bonds is 8. The summed E-state index contributed by atoms with van der Waals surface area (Å²) in [6, 6.07) is 0.875. The van der Waals surface area contributed by atoms with Crippen molar-refractivity contribution in [2.75, 3.05) is 26.2 Å². The van der Waals surface area contributed by atoms with Crippen LogP contribution < -0.4 is 10.6 Å². The molecule has 1 fully saturated rings. The van der Waals surface area contributed by atoms with Gasteiger partial charge < -0.3 is 10.6 Å². The minimum absolute atomic E-state index is 0.184. The fraction of sp³-hybridized carbons (Fsp3) is 0.929. The van der Waals surface area contributed by atoms with E-state index in [-0.39, 0.29) is 5.91 Å². The van der Waals surface area contributed by atoms with Crippen LogP contribution >= 0.6 is 0 Å². The Labute approximate surface area is 111 Å². The van der Waals surface area contributed by atoms with Gasteiger partial charge in [0.05, 0.1) is 6.54 Å². The number of hydrogen-bond donors (Lipinski definition) is 2. The molecule has 1 unspecified atom stereocenters. The van der Waals surface area contributed by atoms with Crippen molar-refractivity contribution < 1.29 is 4.79 Å². The first-order valence-corrected chi connectivity index (χ1v) is 7.45. The molecule has 0 aromatic carbocycles. The Morgan fingerprint density at radius 3 is 2.61 bits per heavy atom. The fourth-order valence-corrected chi connectivity index (χ4v) is 2.58. The van der Waals surface area contributed by atoms with E-state index in [1.807, 2.05) is 0 Å². The monoisotopic (exact) mass is 255 g/mol. The molecule has 4 nitrogen and oxygen atoms in total. The van der Waals surface area contributed by atoms with Crippen LogP contribution in [0.3, 0.4) is 0 Å². The van der Waals surface area contributed by atoms with Crippen LogP contribution in [0.1, 0.15) is 46.5 Å². The molecule has 0 aliphatic carbocycles. The van der Waals surface area contributed by atoms with Gasteiger partial charge in [-0.25, -0.2) is 0 Å². The van der Waals surface area contributed by atoms with E-state index >= 15 is 0 Å². The second kappa shape index (κ2) is 8.48. The van der Waals surface area contributed by atoms with Crippen molar-refractivity contribution in [2.45, 2.75) is 58.5 Å². The molecule has 1 saturated heterocycles. The van der Waals surface area contributed by atoms with E-state index in [9.17, 15) is 4.79 Å². The summed E-state index contributed by atoms with van der Waals surface area (Å²) >= 11 is 0. The molecule has 4 heteroatoms. The number of nitrogens with zero attached hydrogens (tertiary/aromatic N) is 1. The molecule has 2 N–H and O–H groups in total. The lowest BCUT2D eigenvalue weighted by molar-refractivity contribution is -0.123. The van der Waals surface area contributed by atoms with Gasteiger partial charge in [0.25, 0.3) is 0 Å². The maximum atomic E-state index is 12.0. The minimum atomic E-state index is 0.184. The van der Waals surface area contributed by atoms with E-state index in [4.69, 9.17) is 0 Å². The fourth-order valence-electron chi connectivity index (χ4n) is 2.58. The van der Waals surface area contributed by atoms with E-state index in [0.717, 1.165) is 45.3 Å². The molecule has 1 aliphatic heterocycles. The van der Waals surface area contributed by atoms with Crippen LogP contribution in [0.4, 0.5) is 0 Å². The van der Waals surface area contributed by atoms with Crippen LogP contribution in [0.25, 0.3) is 0 Å². The normalized spacial score (nSPS) is 19.7. The summed E-state index contributed by atoms with van der Waals surface area (Å²) in [7, 11) is 0. The Morgan fingerprint density at radius 1 is 1.39 bits per heavy atom. The highest BCUT2D eigenvalue weighted by Gasteiger charge is 2.23. The first-order chi connectivity index (χ1) is 8.71. The van der Waals surface area contributed by atoms with E-state index in [2.05, 4.69) is 36.3 Å². The number of amides is 1. The van der Waals surface area contributed by atoms with Gasteiger partial charge in [0.1, 0.15) is 0 Å². The summed E-state index contributed by atoms with van der Waals surface area (Å²) < 4.78 is 0. The third-order valence-electron chi connectivity index (χ3n) is 3.76. The Bertz CT molecular complexity index is 235. The maximum Gasteiger partial charge on any atom is 0.234 e. The molecule has 106 valence electrons. The highest BCUT2D eigenvalue weighted by atomic mass is 16.2. The van der Waals surface area contributed by atoms with E-state index in [1.54, 1.807) is 0 Å². The molecular weight excluding hydrogens is 226 g/mol. The Kier molecular flexibility index (Phi) is 7.28. The lowest BCUT2D eigenvalue weighted by atomic mass is 10.1. The average Bonchev–Trinajstić information content (AvgIpc) is 2.89. The van der Waals surface area contributed by atoms with Gasteiger partial charge in [-0.1, -0.05) is 20.8 Å². The molecular formula is C14H29N3O. The number of carbonyl (C=O) groups is 1. The maximum absolute atomic E-state index is 12.0. The molecule has 1 aliphatic rings. The number of nitrogens with one attached hydrogen (secondary N) is 2. The summed E-state index contributed by atoms with van der Waals surface area (Å²) in [4.78, 5) is 14.4. The lowest BCUT2D eigenvalue weighted by Gasteiger charge is -2.28. The van der Waals surface area contributed by atoms with Crippen LogP contribution in [0.2, 0.25) is 0 Å². The molecule has 0 spiro atoms. The zero-order valence-electron chi connectivity index (χ0n) is 12.2. The largest absolute Gasteiger partial charge is 0.352 e. The van der Waals surface area contributed by atoms with Crippen LogP contribution in [0.15, 0.2) is 0 Å². The van der Waals surface area contributed by atoms with Gasteiger partial charge in [0, 0.05) is 18.6 Å². The van der Waals surface area contributed by atoms with Gasteiger partial charge in [0.2, 0.25) is 5.91 Å². The Hall–Kier alpha value is -0.610. The molecule has 0 aromatic rings. The standard InChI is InChI=1S/C14H29N3O/c1-4-9-17(13-7-8-15-10-13)11-14(18)16-12(5-2)6-3/h12-13,15H,4-11H2,1-3H3,(H,16,18). The van der Waals surface area contributed by atoms with Gasteiger partial charge in [0.15, 0.2) is 0 Å². The van der Waals surface area contributed by atoms with Crippen molar-refractivity contribution in [3.63, 3.8) is 0 Å². The topological polar surface area (TPSA) is 44.4 Å². The quantitative estimate of drug-likeness (QED) is 0.688. The average molecular weight is 255 g/mol. The summed E-state index contributed by atoms with van der Waals surface area (Å²) in [5, 5.41) is 6.50. The molecule has 0 saturated carbocycles. The van der Waals surface area contributed by atoms with E-state index in [0.29, 0.717) is 18.6 Å². The second-order valence-electron chi connectivity index (χ2n) is 5.20. The molecule has 0 bridgehead atoms. The second-order valence-corrected chi connectivity index (χ2v) is 5.20. The van der Waals surface area contributed by atoms with Crippen molar-refractivity contribution in [1.82, 2.24) is 15.5 Å². The minimum Gasteiger partial charge on any atom is -0.352 e. The Morgan fingerprint density at radius 2 is 2.11 bits per heavy atom. The van der Waals surface area contributed by atoms with Crippen molar-refractivity contribution in [1.29, 1.82) is 0 Å². The SMILES string of the molecule is CCCN(CC(=O)NC(CC)CC)C1CCNC1. The third-order valence-corrected chi connectivity index (χ3v) is 3.76. The van der Waals surface area contributed by atoms with E-state index < -0.39 is 0 Å². The molecule has 1 atom stereocenters. The summed E-state index contributed by atoms with van der Waals surface area (Å²) in [6.07, 6.45) is 4.30. The van der Waals surface area contributed by atoms with Gasteiger partial charge in [-0.05, 0) is 38.8 Å². The van der Waals surface area contributed by atoms with Gasteiger partial charge in [-0.2, -0.15) is 0 Å². The lowest BCUT2D eigenvalue weighted by Crippen LogP contribution is -2.46. The predicted molar refractivity (Wildman–Crippen MR) is 75.7 cm³/mol. The number of carbonyl (C=O) groups excluding carboxylic acids is 1. The van der Waals surface area contributed by atoms with Crippen molar-refractivity contribution in [3.8, 4) is 0 Å². The zero-order valence-corrected chi connectivity index (χ0v) is 12.2. The smallest absolute Gasteiger partial charge is 0.234 e. The summed E-state index contributed by atoms with van der Waals surface area (Å²) in [5.74, 6) is 0.184. The zero-order chi connectivity index (χ0) is 13.4. The third kappa shape index (κ3) is 4.94. The van der Waals surface area contributed by atoms with Gasteiger partial charge in [-0.15, -0.1) is 0 Å².